The molecule has 0 bridgehead atoms. The third kappa shape index (κ3) is 9.75. The van der Waals surface area contributed by atoms with Gasteiger partial charge in [-0.3, -0.25) is 4.99 Å². The first-order chi connectivity index (χ1) is 10.7. The van der Waals surface area contributed by atoms with Gasteiger partial charge in [0, 0.05) is 32.7 Å². The highest BCUT2D eigenvalue weighted by molar-refractivity contribution is 14.0. The lowest BCUT2D eigenvalue weighted by molar-refractivity contribution is 0.158. The maximum Gasteiger partial charge on any atom is 0.193 e. The first kappa shape index (κ1) is 23.0. The Labute approximate surface area is 161 Å². The van der Waals surface area contributed by atoms with Crippen LogP contribution < -0.4 is 5.32 Å². The molecule has 5 heteroatoms. The average Bonchev–Trinajstić information content (AvgIpc) is 2.53. The number of likely N-dealkylation sites (tertiary alicyclic amines) is 1. The van der Waals surface area contributed by atoms with Crippen molar-refractivity contribution < 1.29 is 0 Å². The van der Waals surface area contributed by atoms with Gasteiger partial charge in [-0.05, 0) is 59.0 Å². The quantitative estimate of drug-likeness (QED) is 0.256. The lowest BCUT2D eigenvalue weighted by Gasteiger charge is -2.33. The summed E-state index contributed by atoms with van der Waals surface area (Å²) < 4.78 is 0. The van der Waals surface area contributed by atoms with Gasteiger partial charge in [0.1, 0.15) is 0 Å². The molecule has 1 N–H and O–H groups in total. The lowest BCUT2D eigenvalue weighted by atomic mass is 10.0. The van der Waals surface area contributed by atoms with Gasteiger partial charge in [0.2, 0.25) is 0 Å². The van der Waals surface area contributed by atoms with Crippen molar-refractivity contribution in [1.82, 2.24) is 15.1 Å². The van der Waals surface area contributed by atoms with Gasteiger partial charge >= 0.3 is 0 Å². The summed E-state index contributed by atoms with van der Waals surface area (Å²) in [6.45, 7) is 12.3. The van der Waals surface area contributed by atoms with Crippen molar-refractivity contribution in [2.45, 2.75) is 71.8 Å². The molecular formula is C18H39IN4. The summed E-state index contributed by atoms with van der Waals surface area (Å²) in [5, 5.41) is 3.40. The molecule has 1 aliphatic rings. The van der Waals surface area contributed by atoms with Gasteiger partial charge in [-0.1, -0.05) is 19.8 Å². The molecule has 1 aliphatic heterocycles. The maximum atomic E-state index is 4.78. The number of nitrogens with one attached hydrogen (secondary N) is 1. The summed E-state index contributed by atoms with van der Waals surface area (Å²) in [6, 6.07) is 0.787. The van der Waals surface area contributed by atoms with E-state index in [1.807, 2.05) is 0 Å². The number of aliphatic imine (C=N–C) groups is 1. The predicted octanol–water partition coefficient (Wildman–Crippen LogP) is 3.96. The van der Waals surface area contributed by atoms with Gasteiger partial charge < -0.3 is 15.1 Å². The normalized spacial score (nSPS) is 19.3. The van der Waals surface area contributed by atoms with E-state index in [9.17, 15) is 0 Å². The second-order valence-electron chi connectivity index (χ2n) is 6.60. The van der Waals surface area contributed by atoms with E-state index in [-0.39, 0.29) is 24.0 Å². The van der Waals surface area contributed by atoms with E-state index in [1.54, 1.807) is 0 Å². The number of hydrogen-bond donors (Lipinski definition) is 1. The Balaban J connectivity index is 0.00000484. The SMILES string of the molecule is CCCCN(C)C(=NCCCCN1CCCCC1C)NCC.I. The Hall–Kier alpha value is -0.0400. The molecule has 0 aromatic rings. The number of piperidine rings is 1. The number of rotatable bonds is 9. The van der Waals surface area contributed by atoms with Crippen LogP contribution in [0, 0.1) is 0 Å². The highest BCUT2D eigenvalue weighted by atomic mass is 127. The van der Waals surface area contributed by atoms with E-state index in [1.165, 1.54) is 58.0 Å². The Morgan fingerprint density at radius 1 is 1.22 bits per heavy atom. The van der Waals surface area contributed by atoms with Gasteiger partial charge in [0.25, 0.3) is 0 Å². The summed E-state index contributed by atoms with van der Waals surface area (Å²) >= 11 is 0. The zero-order valence-corrected chi connectivity index (χ0v) is 18.1. The van der Waals surface area contributed by atoms with Crippen LogP contribution in [-0.4, -0.2) is 61.6 Å². The number of unbranched alkanes of at least 4 members (excludes halogenated alkanes) is 2. The summed E-state index contributed by atoms with van der Waals surface area (Å²) in [5.41, 5.74) is 0. The molecule has 0 radical (unpaired) electrons. The van der Waals surface area contributed by atoms with Crippen LogP contribution >= 0.6 is 24.0 Å². The minimum absolute atomic E-state index is 0. The molecule has 4 nitrogen and oxygen atoms in total. The minimum Gasteiger partial charge on any atom is -0.357 e. The zero-order chi connectivity index (χ0) is 16.2. The molecule has 138 valence electrons. The Kier molecular flexibility index (Phi) is 14.3. The lowest BCUT2D eigenvalue weighted by Crippen LogP contribution is -2.39. The fraction of sp³-hybridized carbons (Fsp3) is 0.944. The van der Waals surface area contributed by atoms with Gasteiger partial charge in [0.05, 0.1) is 0 Å². The fourth-order valence-electron chi connectivity index (χ4n) is 3.07. The van der Waals surface area contributed by atoms with Gasteiger partial charge in [-0.15, -0.1) is 24.0 Å². The third-order valence-corrected chi connectivity index (χ3v) is 4.60. The molecule has 1 atom stereocenters. The van der Waals surface area contributed by atoms with Gasteiger partial charge in [-0.2, -0.15) is 0 Å². The molecular weight excluding hydrogens is 399 g/mol. The first-order valence-corrected chi connectivity index (χ1v) is 9.42. The van der Waals surface area contributed by atoms with Crippen LogP contribution in [0.15, 0.2) is 4.99 Å². The number of hydrogen-bond acceptors (Lipinski definition) is 2. The molecule has 1 saturated heterocycles. The molecule has 1 rings (SSSR count). The average molecular weight is 438 g/mol. The zero-order valence-electron chi connectivity index (χ0n) is 15.8. The number of halogens is 1. The van der Waals surface area contributed by atoms with Crippen molar-refractivity contribution in [2.24, 2.45) is 4.99 Å². The molecule has 23 heavy (non-hydrogen) atoms. The van der Waals surface area contributed by atoms with E-state index < -0.39 is 0 Å². The van der Waals surface area contributed by atoms with Crippen molar-refractivity contribution in [3.05, 3.63) is 0 Å². The molecule has 0 aliphatic carbocycles. The molecule has 1 fully saturated rings. The molecule has 0 spiro atoms. The van der Waals surface area contributed by atoms with E-state index >= 15 is 0 Å². The van der Waals surface area contributed by atoms with Crippen LogP contribution in [0.3, 0.4) is 0 Å². The van der Waals surface area contributed by atoms with E-state index in [0.29, 0.717) is 0 Å². The molecule has 0 saturated carbocycles. The smallest absolute Gasteiger partial charge is 0.193 e. The minimum atomic E-state index is 0. The maximum absolute atomic E-state index is 4.78. The highest BCUT2D eigenvalue weighted by Crippen LogP contribution is 2.16. The van der Waals surface area contributed by atoms with Crippen LogP contribution in [0.4, 0.5) is 0 Å². The van der Waals surface area contributed by atoms with E-state index in [4.69, 9.17) is 4.99 Å². The number of guanidine groups is 1. The second kappa shape index (κ2) is 14.3. The van der Waals surface area contributed by atoms with Crippen LogP contribution in [0.5, 0.6) is 0 Å². The topological polar surface area (TPSA) is 30.9 Å². The van der Waals surface area contributed by atoms with Crippen LogP contribution in [0.25, 0.3) is 0 Å². The summed E-state index contributed by atoms with van der Waals surface area (Å²) in [5.74, 6) is 1.07. The van der Waals surface area contributed by atoms with Crippen molar-refractivity contribution in [3.8, 4) is 0 Å². The molecule has 0 amide bonds. The molecule has 0 aromatic heterocycles. The first-order valence-electron chi connectivity index (χ1n) is 9.42. The second-order valence-corrected chi connectivity index (χ2v) is 6.60. The summed E-state index contributed by atoms with van der Waals surface area (Å²) in [7, 11) is 2.15. The largest absolute Gasteiger partial charge is 0.357 e. The Morgan fingerprint density at radius 3 is 2.65 bits per heavy atom. The van der Waals surface area contributed by atoms with Crippen molar-refractivity contribution in [1.29, 1.82) is 0 Å². The van der Waals surface area contributed by atoms with E-state index in [0.717, 1.165) is 31.6 Å². The molecule has 0 aromatic carbocycles. The third-order valence-electron chi connectivity index (χ3n) is 4.60. The predicted molar refractivity (Wildman–Crippen MR) is 113 cm³/mol. The van der Waals surface area contributed by atoms with Gasteiger partial charge in [0.15, 0.2) is 5.96 Å². The molecule has 1 unspecified atom stereocenters. The monoisotopic (exact) mass is 438 g/mol. The Bertz CT molecular complexity index is 309. The Morgan fingerprint density at radius 2 is 2.00 bits per heavy atom. The van der Waals surface area contributed by atoms with Crippen molar-refractivity contribution in [2.75, 3.05) is 39.8 Å². The van der Waals surface area contributed by atoms with E-state index in [2.05, 4.69) is 42.9 Å². The van der Waals surface area contributed by atoms with Crippen molar-refractivity contribution in [3.63, 3.8) is 0 Å². The molecule has 1 heterocycles. The summed E-state index contributed by atoms with van der Waals surface area (Å²) in [6.07, 6.45) is 9.11. The number of nitrogens with zero attached hydrogens (tertiary/aromatic N) is 3. The van der Waals surface area contributed by atoms with Crippen molar-refractivity contribution >= 4 is 29.9 Å². The van der Waals surface area contributed by atoms with Crippen LogP contribution in [0.1, 0.15) is 65.7 Å². The summed E-state index contributed by atoms with van der Waals surface area (Å²) in [4.78, 5) is 9.70. The fourth-order valence-corrected chi connectivity index (χ4v) is 3.07. The standard InChI is InChI=1S/C18H38N4.HI/c1-5-7-14-21(4)18(19-6-2)20-13-9-11-16-22-15-10-8-12-17(22)3;/h17H,5-16H2,1-4H3,(H,19,20);1H. The van der Waals surface area contributed by atoms with Crippen LogP contribution in [0.2, 0.25) is 0 Å². The highest BCUT2D eigenvalue weighted by Gasteiger charge is 2.16. The van der Waals surface area contributed by atoms with Gasteiger partial charge in [-0.25, -0.2) is 0 Å². The van der Waals surface area contributed by atoms with Crippen LogP contribution in [-0.2, 0) is 0 Å².